The normalized spacial score (nSPS) is 21.9. The molecule has 2 saturated heterocycles. The molecule has 3 heterocycles. The Hall–Kier alpha value is -2.67. The summed E-state index contributed by atoms with van der Waals surface area (Å²) in [6, 6.07) is 9.64. The summed E-state index contributed by atoms with van der Waals surface area (Å²) in [7, 11) is 0. The Labute approximate surface area is 174 Å². The summed E-state index contributed by atoms with van der Waals surface area (Å²) in [5.74, 6) is -0.221. The van der Waals surface area contributed by atoms with Crippen molar-refractivity contribution in [3.05, 3.63) is 52.2 Å². The average molecular weight is 412 g/mol. The van der Waals surface area contributed by atoms with Crippen LogP contribution in [0.2, 0.25) is 0 Å². The number of benzene rings is 1. The van der Waals surface area contributed by atoms with E-state index >= 15 is 0 Å². The van der Waals surface area contributed by atoms with E-state index in [2.05, 4.69) is 6.92 Å². The Kier molecular flexibility index (Phi) is 5.17. The molecular weight excluding hydrogens is 386 g/mol. The Morgan fingerprint density at radius 1 is 1.14 bits per heavy atom. The number of thiophene rings is 1. The summed E-state index contributed by atoms with van der Waals surface area (Å²) >= 11 is 1.54. The van der Waals surface area contributed by atoms with Gasteiger partial charge in [-0.15, -0.1) is 0 Å². The number of hydrogen-bond donors (Lipinski definition) is 0. The van der Waals surface area contributed by atoms with E-state index in [0.717, 1.165) is 12.1 Å². The number of rotatable bonds is 3. The molecule has 1 aromatic heterocycles. The van der Waals surface area contributed by atoms with Gasteiger partial charge in [0, 0.05) is 31.0 Å². The predicted octanol–water partition coefficient (Wildman–Crippen LogP) is 2.79. The number of hydrogen-bond acceptors (Lipinski definition) is 4. The van der Waals surface area contributed by atoms with Crippen LogP contribution in [0.4, 0.5) is 5.69 Å². The molecule has 0 saturated carbocycles. The van der Waals surface area contributed by atoms with E-state index in [-0.39, 0.29) is 24.3 Å². The minimum absolute atomic E-state index is 0.0213. The maximum absolute atomic E-state index is 13.1. The van der Waals surface area contributed by atoms with Crippen molar-refractivity contribution < 1.29 is 14.4 Å². The SMILES string of the molecule is CCc1ccc(C(=O)N2CC[C@@]3(C2)CN(c2ccsc2)C(=O)CN3C(C)=O)cc1. The highest BCUT2D eigenvalue weighted by atomic mass is 32.1. The van der Waals surface area contributed by atoms with Crippen LogP contribution in [-0.4, -0.2) is 59.2 Å². The number of carbonyl (C=O) groups excluding carboxylic acids is 3. The summed E-state index contributed by atoms with van der Waals surface area (Å²) in [5, 5.41) is 3.89. The molecule has 0 aliphatic carbocycles. The quantitative estimate of drug-likeness (QED) is 0.780. The van der Waals surface area contributed by atoms with E-state index < -0.39 is 5.54 Å². The van der Waals surface area contributed by atoms with Crippen LogP contribution < -0.4 is 4.90 Å². The van der Waals surface area contributed by atoms with Gasteiger partial charge in [-0.3, -0.25) is 14.4 Å². The van der Waals surface area contributed by atoms with Gasteiger partial charge in [-0.2, -0.15) is 11.3 Å². The maximum atomic E-state index is 13.1. The van der Waals surface area contributed by atoms with Crippen LogP contribution in [0.3, 0.4) is 0 Å². The number of amides is 3. The first-order valence-electron chi connectivity index (χ1n) is 9.92. The second kappa shape index (κ2) is 7.63. The van der Waals surface area contributed by atoms with Crippen molar-refractivity contribution in [1.82, 2.24) is 9.80 Å². The first-order chi connectivity index (χ1) is 13.9. The smallest absolute Gasteiger partial charge is 0.253 e. The minimum Gasteiger partial charge on any atom is -0.336 e. The molecule has 2 aliphatic rings. The average Bonchev–Trinajstić information content (AvgIpc) is 3.40. The zero-order chi connectivity index (χ0) is 20.6. The van der Waals surface area contributed by atoms with Crippen LogP contribution in [0.25, 0.3) is 0 Å². The van der Waals surface area contributed by atoms with Gasteiger partial charge in [0.05, 0.1) is 17.8 Å². The monoisotopic (exact) mass is 411 g/mol. The molecule has 0 bridgehead atoms. The molecule has 2 aliphatic heterocycles. The van der Waals surface area contributed by atoms with Crippen LogP contribution in [-0.2, 0) is 16.0 Å². The third kappa shape index (κ3) is 3.55. The largest absolute Gasteiger partial charge is 0.336 e. The molecule has 152 valence electrons. The Morgan fingerprint density at radius 3 is 2.52 bits per heavy atom. The second-order valence-electron chi connectivity index (χ2n) is 7.82. The van der Waals surface area contributed by atoms with E-state index in [9.17, 15) is 14.4 Å². The van der Waals surface area contributed by atoms with Crippen LogP contribution in [0.15, 0.2) is 41.1 Å². The third-order valence-electron chi connectivity index (χ3n) is 6.05. The maximum Gasteiger partial charge on any atom is 0.253 e. The van der Waals surface area contributed by atoms with E-state index in [4.69, 9.17) is 0 Å². The fourth-order valence-corrected chi connectivity index (χ4v) is 5.03. The zero-order valence-electron chi connectivity index (χ0n) is 16.8. The summed E-state index contributed by atoms with van der Waals surface area (Å²) < 4.78 is 0. The molecule has 3 amide bonds. The lowest BCUT2D eigenvalue weighted by Crippen LogP contribution is -2.67. The van der Waals surface area contributed by atoms with Gasteiger partial charge in [0.2, 0.25) is 11.8 Å². The van der Waals surface area contributed by atoms with Gasteiger partial charge in [-0.1, -0.05) is 19.1 Å². The minimum atomic E-state index is -0.541. The topological polar surface area (TPSA) is 60.9 Å². The lowest BCUT2D eigenvalue weighted by molar-refractivity contribution is -0.142. The highest BCUT2D eigenvalue weighted by molar-refractivity contribution is 7.08. The molecule has 1 atom stereocenters. The zero-order valence-corrected chi connectivity index (χ0v) is 17.6. The molecule has 1 aromatic carbocycles. The first-order valence-corrected chi connectivity index (χ1v) is 10.9. The van der Waals surface area contributed by atoms with E-state index in [1.165, 1.54) is 12.5 Å². The lowest BCUT2D eigenvalue weighted by atomic mass is 9.92. The van der Waals surface area contributed by atoms with E-state index in [0.29, 0.717) is 31.6 Å². The molecule has 0 radical (unpaired) electrons. The molecule has 0 unspecified atom stereocenters. The standard InChI is InChI=1S/C22H25N3O3S/c1-3-17-4-6-18(7-5-17)21(28)23-10-9-22(14-23)15-24(19-8-11-29-13-19)20(27)12-25(22)16(2)26/h4-8,11,13H,3,9-10,12,14-15H2,1-2H3/t22-/m1/s1. The molecule has 2 fully saturated rings. The molecule has 2 aromatic rings. The van der Waals surface area contributed by atoms with Crippen LogP contribution in [0.1, 0.15) is 36.2 Å². The number of nitrogens with zero attached hydrogens (tertiary/aromatic N) is 3. The summed E-state index contributed by atoms with van der Waals surface area (Å²) in [4.78, 5) is 43.4. The highest BCUT2D eigenvalue weighted by Crippen LogP contribution is 2.35. The van der Waals surface area contributed by atoms with Gasteiger partial charge in [0.25, 0.3) is 5.91 Å². The summed E-state index contributed by atoms with van der Waals surface area (Å²) in [6.07, 6.45) is 1.60. The van der Waals surface area contributed by atoms with Crippen molar-refractivity contribution in [2.75, 3.05) is 31.1 Å². The number of aryl methyl sites for hydroxylation is 1. The first kappa shape index (κ1) is 19.6. The molecule has 1 spiro atoms. The van der Waals surface area contributed by atoms with Gasteiger partial charge in [0.15, 0.2) is 0 Å². The Bertz CT molecular complexity index is 925. The molecule has 7 heteroatoms. The molecule has 0 N–H and O–H groups in total. The number of piperazine rings is 1. The molecule has 4 rings (SSSR count). The van der Waals surface area contributed by atoms with Gasteiger partial charge >= 0.3 is 0 Å². The fourth-order valence-electron chi connectivity index (χ4n) is 4.39. The van der Waals surface area contributed by atoms with E-state index in [1.807, 2.05) is 46.0 Å². The highest BCUT2D eigenvalue weighted by Gasteiger charge is 2.51. The molecule has 6 nitrogen and oxygen atoms in total. The summed E-state index contributed by atoms with van der Waals surface area (Å²) in [5.41, 5.74) is 2.18. The van der Waals surface area contributed by atoms with Crippen LogP contribution in [0.5, 0.6) is 0 Å². The Morgan fingerprint density at radius 2 is 1.90 bits per heavy atom. The predicted molar refractivity (Wildman–Crippen MR) is 113 cm³/mol. The van der Waals surface area contributed by atoms with Crippen LogP contribution in [0, 0.1) is 0 Å². The van der Waals surface area contributed by atoms with Crippen molar-refractivity contribution >= 4 is 34.7 Å². The molecular formula is C22H25N3O3S. The van der Waals surface area contributed by atoms with Crippen molar-refractivity contribution in [2.45, 2.75) is 32.2 Å². The fraction of sp³-hybridized carbons (Fsp3) is 0.409. The Balaban J connectivity index is 1.58. The lowest BCUT2D eigenvalue weighted by Gasteiger charge is -2.47. The number of carbonyl (C=O) groups is 3. The van der Waals surface area contributed by atoms with Crippen LogP contribution >= 0.6 is 11.3 Å². The van der Waals surface area contributed by atoms with Crippen molar-refractivity contribution in [1.29, 1.82) is 0 Å². The van der Waals surface area contributed by atoms with Gasteiger partial charge in [-0.25, -0.2) is 0 Å². The van der Waals surface area contributed by atoms with Gasteiger partial charge < -0.3 is 14.7 Å². The van der Waals surface area contributed by atoms with Crippen molar-refractivity contribution in [2.24, 2.45) is 0 Å². The third-order valence-corrected chi connectivity index (χ3v) is 6.72. The van der Waals surface area contributed by atoms with E-state index in [1.54, 1.807) is 21.1 Å². The van der Waals surface area contributed by atoms with Gasteiger partial charge in [0.1, 0.15) is 6.54 Å². The molecule has 29 heavy (non-hydrogen) atoms. The second-order valence-corrected chi connectivity index (χ2v) is 8.60. The van der Waals surface area contributed by atoms with Gasteiger partial charge in [-0.05, 0) is 42.0 Å². The number of likely N-dealkylation sites (tertiary alicyclic amines) is 1. The van der Waals surface area contributed by atoms with Crippen molar-refractivity contribution in [3.8, 4) is 0 Å². The number of anilines is 1. The van der Waals surface area contributed by atoms with Crippen molar-refractivity contribution in [3.63, 3.8) is 0 Å². The summed E-state index contributed by atoms with van der Waals surface area (Å²) in [6.45, 7) is 5.07.